The van der Waals surface area contributed by atoms with E-state index in [4.69, 9.17) is 11.6 Å². The number of likely N-dealkylation sites (N-methyl/N-ethyl adjacent to an activating group) is 1. The number of rotatable bonds is 4. The van der Waals surface area contributed by atoms with Crippen LogP contribution in [0.4, 0.5) is 4.39 Å². The van der Waals surface area contributed by atoms with Crippen molar-refractivity contribution in [2.45, 2.75) is 12.5 Å². The van der Waals surface area contributed by atoms with Gasteiger partial charge in [-0.3, -0.25) is 0 Å². The van der Waals surface area contributed by atoms with Crippen LogP contribution in [0.5, 0.6) is 0 Å². The van der Waals surface area contributed by atoms with Gasteiger partial charge in [0.1, 0.15) is 12.1 Å². The third-order valence-corrected chi connectivity index (χ3v) is 3.00. The van der Waals surface area contributed by atoms with E-state index in [1.165, 1.54) is 12.4 Å². The molecule has 0 aliphatic carbocycles. The Labute approximate surface area is 110 Å². The smallest absolute Gasteiger partial charge is 0.126 e. The Hall–Kier alpha value is -1.52. The molecule has 1 aromatic heterocycles. The van der Waals surface area contributed by atoms with Crippen LogP contribution in [-0.2, 0) is 6.42 Å². The molecule has 2 rings (SSSR count). The topological polar surface area (TPSA) is 37.8 Å². The molecule has 1 aromatic carbocycles. The maximum absolute atomic E-state index is 13.7. The van der Waals surface area contributed by atoms with Gasteiger partial charge in [0.05, 0.1) is 0 Å². The summed E-state index contributed by atoms with van der Waals surface area (Å²) in [5.74, 6) is -0.253. The lowest BCUT2D eigenvalue weighted by Gasteiger charge is -2.16. The molecule has 0 fully saturated rings. The normalized spacial score (nSPS) is 12.4. The summed E-state index contributed by atoms with van der Waals surface area (Å²) < 4.78 is 13.7. The summed E-state index contributed by atoms with van der Waals surface area (Å²) in [5.41, 5.74) is 1.49. The molecule has 3 nitrogen and oxygen atoms in total. The highest BCUT2D eigenvalue weighted by molar-refractivity contribution is 6.30. The number of hydrogen-bond donors (Lipinski definition) is 1. The molecule has 1 unspecified atom stereocenters. The third-order valence-electron chi connectivity index (χ3n) is 2.76. The molecular weight excluding hydrogens is 253 g/mol. The highest BCUT2D eigenvalue weighted by Gasteiger charge is 2.13. The van der Waals surface area contributed by atoms with Crippen molar-refractivity contribution in [1.29, 1.82) is 0 Å². The Bertz CT molecular complexity index is 519. The molecule has 0 radical (unpaired) electrons. The number of nitrogens with one attached hydrogen (secondary N) is 1. The quantitative estimate of drug-likeness (QED) is 0.924. The van der Waals surface area contributed by atoms with Crippen molar-refractivity contribution in [1.82, 2.24) is 15.3 Å². The fraction of sp³-hybridized carbons (Fsp3) is 0.231. The minimum absolute atomic E-state index is 0.0424. The molecule has 0 aliphatic heterocycles. The second-order valence-corrected chi connectivity index (χ2v) is 4.39. The van der Waals surface area contributed by atoms with E-state index in [0.717, 1.165) is 5.56 Å². The molecule has 1 heterocycles. The summed E-state index contributed by atoms with van der Waals surface area (Å²) in [6.45, 7) is 0. The van der Waals surface area contributed by atoms with Gasteiger partial charge in [-0.15, -0.1) is 0 Å². The van der Waals surface area contributed by atoms with Crippen molar-refractivity contribution in [2.24, 2.45) is 0 Å². The van der Waals surface area contributed by atoms with Crippen molar-refractivity contribution in [3.8, 4) is 0 Å². The zero-order chi connectivity index (χ0) is 13.0. The Balaban J connectivity index is 2.23. The van der Waals surface area contributed by atoms with Gasteiger partial charge < -0.3 is 5.32 Å². The predicted molar refractivity (Wildman–Crippen MR) is 68.9 cm³/mol. The van der Waals surface area contributed by atoms with Crippen LogP contribution in [-0.4, -0.2) is 17.0 Å². The summed E-state index contributed by atoms with van der Waals surface area (Å²) in [4.78, 5) is 7.93. The van der Waals surface area contributed by atoms with E-state index >= 15 is 0 Å². The van der Waals surface area contributed by atoms with E-state index in [2.05, 4.69) is 15.3 Å². The third kappa shape index (κ3) is 3.03. The summed E-state index contributed by atoms with van der Waals surface area (Å²) in [7, 11) is 1.82. The van der Waals surface area contributed by atoms with E-state index in [1.807, 2.05) is 7.05 Å². The van der Waals surface area contributed by atoms with E-state index in [0.29, 0.717) is 17.0 Å². The van der Waals surface area contributed by atoms with Gasteiger partial charge in [-0.1, -0.05) is 11.6 Å². The number of benzene rings is 1. The van der Waals surface area contributed by atoms with E-state index < -0.39 is 0 Å². The highest BCUT2D eigenvalue weighted by atomic mass is 35.5. The average Bonchev–Trinajstić information content (AvgIpc) is 2.41. The summed E-state index contributed by atoms with van der Waals surface area (Å²) >= 11 is 5.88. The second kappa shape index (κ2) is 5.89. The SMILES string of the molecule is CNC(Cc1cc(Cl)ccc1F)c1cncnc1. The Morgan fingerprint density at radius 3 is 2.72 bits per heavy atom. The van der Waals surface area contributed by atoms with Crippen LogP contribution in [0.15, 0.2) is 36.9 Å². The van der Waals surface area contributed by atoms with Crippen molar-refractivity contribution >= 4 is 11.6 Å². The number of aromatic nitrogens is 2. The van der Waals surface area contributed by atoms with E-state index in [9.17, 15) is 4.39 Å². The first-order valence-electron chi connectivity index (χ1n) is 5.57. The summed E-state index contributed by atoms with van der Waals surface area (Å²) in [6, 6.07) is 4.52. The van der Waals surface area contributed by atoms with E-state index in [-0.39, 0.29) is 11.9 Å². The van der Waals surface area contributed by atoms with Crippen molar-refractivity contribution in [3.05, 3.63) is 58.9 Å². The lowest BCUT2D eigenvalue weighted by atomic mass is 10.0. The Morgan fingerprint density at radius 2 is 2.06 bits per heavy atom. The van der Waals surface area contributed by atoms with Gasteiger partial charge in [0, 0.05) is 29.0 Å². The number of hydrogen-bond acceptors (Lipinski definition) is 3. The predicted octanol–water partition coefficient (Wildman–Crippen LogP) is 2.77. The fourth-order valence-corrected chi connectivity index (χ4v) is 1.99. The lowest BCUT2D eigenvalue weighted by Crippen LogP contribution is -2.19. The highest BCUT2D eigenvalue weighted by Crippen LogP contribution is 2.21. The van der Waals surface area contributed by atoms with Crippen LogP contribution < -0.4 is 5.32 Å². The first-order chi connectivity index (χ1) is 8.70. The van der Waals surface area contributed by atoms with Gasteiger partial charge in [-0.2, -0.15) is 0 Å². The zero-order valence-corrected chi connectivity index (χ0v) is 10.7. The minimum Gasteiger partial charge on any atom is -0.313 e. The Kier molecular flexibility index (Phi) is 4.23. The molecule has 0 saturated carbocycles. The van der Waals surface area contributed by atoms with Crippen LogP contribution in [0.25, 0.3) is 0 Å². The molecule has 94 valence electrons. The van der Waals surface area contributed by atoms with Gasteiger partial charge in [0.2, 0.25) is 0 Å². The van der Waals surface area contributed by atoms with Gasteiger partial charge in [0.15, 0.2) is 0 Å². The van der Waals surface area contributed by atoms with Gasteiger partial charge in [-0.25, -0.2) is 14.4 Å². The summed E-state index contributed by atoms with van der Waals surface area (Å²) in [5, 5.41) is 3.66. The molecular formula is C13H13ClFN3. The van der Waals surface area contributed by atoms with Crippen LogP contribution >= 0.6 is 11.6 Å². The minimum atomic E-state index is -0.253. The molecule has 5 heteroatoms. The molecule has 1 atom stereocenters. The molecule has 2 aromatic rings. The molecule has 18 heavy (non-hydrogen) atoms. The second-order valence-electron chi connectivity index (χ2n) is 3.95. The molecule has 0 aliphatic rings. The monoisotopic (exact) mass is 265 g/mol. The first kappa shape index (κ1) is 12.9. The van der Waals surface area contributed by atoms with Gasteiger partial charge >= 0.3 is 0 Å². The molecule has 0 saturated heterocycles. The van der Waals surface area contributed by atoms with Gasteiger partial charge in [-0.05, 0) is 37.2 Å². The fourth-order valence-electron chi connectivity index (χ4n) is 1.80. The summed E-state index contributed by atoms with van der Waals surface area (Å²) in [6.07, 6.45) is 5.40. The number of nitrogens with zero attached hydrogens (tertiary/aromatic N) is 2. The maximum Gasteiger partial charge on any atom is 0.126 e. The Morgan fingerprint density at radius 1 is 1.33 bits per heavy atom. The maximum atomic E-state index is 13.7. The standard InChI is InChI=1S/C13H13ClFN3/c1-16-13(10-6-17-8-18-7-10)5-9-4-11(14)2-3-12(9)15/h2-4,6-8,13,16H,5H2,1H3. The van der Waals surface area contributed by atoms with Gasteiger partial charge in [0.25, 0.3) is 0 Å². The molecule has 0 spiro atoms. The first-order valence-corrected chi connectivity index (χ1v) is 5.94. The zero-order valence-electron chi connectivity index (χ0n) is 9.90. The van der Waals surface area contributed by atoms with Crippen LogP contribution in [0, 0.1) is 5.82 Å². The van der Waals surface area contributed by atoms with Crippen LogP contribution in [0.2, 0.25) is 5.02 Å². The largest absolute Gasteiger partial charge is 0.313 e. The van der Waals surface area contributed by atoms with Crippen molar-refractivity contribution in [2.75, 3.05) is 7.05 Å². The van der Waals surface area contributed by atoms with Crippen LogP contribution in [0.3, 0.4) is 0 Å². The van der Waals surface area contributed by atoms with E-state index in [1.54, 1.807) is 24.5 Å². The van der Waals surface area contributed by atoms with Crippen LogP contribution in [0.1, 0.15) is 17.2 Å². The molecule has 0 amide bonds. The number of halogens is 2. The molecule has 1 N–H and O–H groups in total. The average molecular weight is 266 g/mol. The molecule has 0 bridgehead atoms. The van der Waals surface area contributed by atoms with Crippen molar-refractivity contribution < 1.29 is 4.39 Å². The lowest BCUT2D eigenvalue weighted by molar-refractivity contribution is 0.552. The van der Waals surface area contributed by atoms with Crippen molar-refractivity contribution in [3.63, 3.8) is 0 Å².